The van der Waals surface area contributed by atoms with Gasteiger partial charge in [0.25, 0.3) is 0 Å². The minimum Gasteiger partial charge on any atom is -0.394 e. The average Bonchev–Trinajstić information content (AvgIpc) is 3.21. The minimum absolute atomic E-state index is 0.101. The second-order valence-electron chi connectivity index (χ2n) is 9.57. The van der Waals surface area contributed by atoms with Crippen molar-refractivity contribution in [3.63, 3.8) is 0 Å². The third-order valence-electron chi connectivity index (χ3n) is 6.74. The molecule has 5 amide bonds. The first-order valence-corrected chi connectivity index (χ1v) is 14.4. The van der Waals surface area contributed by atoms with Crippen molar-refractivity contribution in [3.8, 4) is 0 Å². The Labute approximate surface area is 242 Å². The Kier molecular flexibility index (Phi) is 10.9. The molecule has 12 nitrogen and oxygen atoms in total. The number of alkyl halides is 2. The number of aliphatic hydroxyl groups is 2. The largest absolute Gasteiger partial charge is 0.394 e. The number of fused-ring (bicyclic) bond motifs is 1. The van der Waals surface area contributed by atoms with Gasteiger partial charge in [0.15, 0.2) is 0 Å². The summed E-state index contributed by atoms with van der Waals surface area (Å²) in [4.78, 5) is 66.6. The van der Waals surface area contributed by atoms with Crippen molar-refractivity contribution in [1.82, 2.24) is 26.2 Å². The van der Waals surface area contributed by atoms with Crippen LogP contribution < -0.4 is 21.3 Å². The molecular weight excluding hydrogens is 642 g/mol. The summed E-state index contributed by atoms with van der Waals surface area (Å²) in [6, 6.07) is 2.88. The van der Waals surface area contributed by atoms with Gasteiger partial charge in [-0.25, -0.2) is 0 Å². The van der Waals surface area contributed by atoms with Crippen LogP contribution in [-0.4, -0.2) is 97.7 Å². The number of hydrogen-bond donors (Lipinski definition) is 6. The molecule has 0 aliphatic carbocycles. The summed E-state index contributed by atoms with van der Waals surface area (Å²) in [5, 5.41) is 30.6. The van der Waals surface area contributed by atoms with Crippen LogP contribution in [0.1, 0.15) is 38.3 Å². The van der Waals surface area contributed by atoms with E-state index in [1.807, 2.05) is 0 Å². The second-order valence-corrected chi connectivity index (χ2v) is 11.8. The lowest BCUT2D eigenvalue weighted by Gasteiger charge is -2.32. The van der Waals surface area contributed by atoms with Gasteiger partial charge in [-0.15, -0.1) is 0 Å². The van der Waals surface area contributed by atoms with Crippen LogP contribution in [0.5, 0.6) is 0 Å². The number of halogens is 2. The van der Waals surface area contributed by atoms with Crippen LogP contribution in [0.2, 0.25) is 0 Å². The van der Waals surface area contributed by atoms with Gasteiger partial charge >= 0.3 is 0 Å². The number of hydrogen-bond acceptors (Lipinski definition) is 7. The average molecular weight is 675 g/mol. The number of nitrogens with one attached hydrogen (secondary N) is 4. The highest BCUT2D eigenvalue weighted by molar-refractivity contribution is 9.12. The Morgan fingerprint density at radius 2 is 1.56 bits per heavy atom. The van der Waals surface area contributed by atoms with Gasteiger partial charge in [0.2, 0.25) is 29.5 Å². The molecule has 2 aliphatic rings. The van der Waals surface area contributed by atoms with E-state index in [0.717, 1.165) is 0 Å². The second kappa shape index (κ2) is 13.7. The maximum absolute atomic E-state index is 13.6. The molecular formula is C25H33Br2N5O7. The molecule has 8 atom stereocenters. The standard InChI is InChI=1S/C25H33Br2N5O7/c1-3-15-22(36)30-17(11-33)23(37)29-16(13-7-5-4-6-8-13)9-18(35)31-20(12(2)34)25(39)32-10-14(26)19(27)21(32)24(38)28-15/h4-8,12,14-17,19-21,33-34H,3,9-11H2,1-2H3,(H,28,38)(H,29,37)(H,30,36)(H,31,35)/t12?,14-,15+,16-,17+,19+,20+,21+/m1/s1. The first-order chi connectivity index (χ1) is 18.5. The van der Waals surface area contributed by atoms with Crippen LogP contribution >= 0.6 is 31.9 Å². The molecule has 214 valence electrons. The zero-order chi connectivity index (χ0) is 28.9. The van der Waals surface area contributed by atoms with Crippen LogP contribution in [0.3, 0.4) is 0 Å². The minimum atomic E-state index is -1.37. The van der Waals surface area contributed by atoms with Crippen LogP contribution in [-0.2, 0) is 24.0 Å². The normalized spacial score (nSPS) is 32.0. The number of carbonyl (C=O) groups excluding carboxylic acids is 5. The van der Waals surface area contributed by atoms with Gasteiger partial charge in [0, 0.05) is 11.4 Å². The van der Waals surface area contributed by atoms with Crippen molar-refractivity contribution in [3.05, 3.63) is 35.9 Å². The predicted molar refractivity (Wildman–Crippen MR) is 148 cm³/mol. The number of rotatable bonds is 4. The van der Waals surface area contributed by atoms with E-state index in [9.17, 15) is 34.2 Å². The van der Waals surface area contributed by atoms with Gasteiger partial charge in [0.05, 0.1) is 30.0 Å². The van der Waals surface area contributed by atoms with E-state index in [-0.39, 0.29) is 24.2 Å². The van der Waals surface area contributed by atoms with E-state index in [4.69, 9.17) is 0 Å². The van der Waals surface area contributed by atoms with E-state index in [1.165, 1.54) is 11.8 Å². The molecule has 2 fully saturated rings. The molecule has 0 aromatic heterocycles. The Morgan fingerprint density at radius 1 is 0.949 bits per heavy atom. The molecule has 3 rings (SSSR count). The Hall–Kier alpha value is -2.55. The fourth-order valence-electron chi connectivity index (χ4n) is 4.56. The number of aliphatic hydroxyl groups excluding tert-OH is 2. The lowest BCUT2D eigenvalue weighted by molar-refractivity contribution is -0.144. The smallest absolute Gasteiger partial charge is 0.248 e. The number of amides is 5. The SMILES string of the molecule is CC[C@@H]1NC(=O)[C@@H]2[C@@H](Br)[C@H](Br)CN2C(=O)[C@H](C(C)O)NC(=O)C[C@H](c2ccccc2)NC(=O)[C@H](CO)NC1=O. The van der Waals surface area contributed by atoms with Crippen LogP contribution in [0, 0.1) is 0 Å². The summed E-state index contributed by atoms with van der Waals surface area (Å²) >= 11 is 6.92. The van der Waals surface area contributed by atoms with Gasteiger partial charge in [-0.1, -0.05) is 69.1 Å². The van der Waals surface area contributed by atoms with E-state index < -0.39 is 77.3 Å². The third kappa shape index (κ3) is 7.35. The van der Waals surface area contributed by atoms with Crippen molar-refractivity contribution in [2.24, 2.45) is 0 Å². The number of carbonyl (C=O) groups is 5. The fourth-order valence-corrected chi connectivity index (χ4v) is 5.85. The molecule has 1 unspecified atom stereocenters. The molecule has 0 saturated carbocycles. The molecule has 6 N–H and O–H groups in total. The summed E-state index contributed by atoms with van der Waals surface area (Å²) in [5.41, 5.74) is 0.577. The van der Waals surface area contributed by atoms with Gasteiger partial charge in [-0.2, -0.15) is 0 Å². The topological polar surface area (TPSA) is 177 Å². The van der Waals surface area contributed by atoms with Gasteiger partial charge in [-0.3, -0.25) is 24.0 Å². The third-order valence-corrected chi connectivity index (χ3v) is 9.44. The van der Waals surface area contributed by atoms with E-state index in [0.29, 0.717) is 5.56 Å². The Morgan fingerprint density at radius 3 is 2.15 bits per heavy atom. The van der Waals surface area contributed by atoms with Crippen molar-refractivity contribution in [2.75, 3.05) is 13.2 Å². The quantitative estimate of drug-likeness (QED) is 0.227. The van der Waals surface area contributed by atoms with Gasteiger partial charge in [-0.05, 0) is 18.9 Å². The van der Waals surface area contributed by atoms with Crippen molar-refractivity contribution in [1.29, 1.82) is 0 Å². The lowest BCUT2D eigenvalue weighted by atomic mass is 10.0. The van der Waals surface area contributed by atoms with Gasteiger partial charge in [0.1, 0.15) is 24.2 Å². The number of benzene rings is 1. The molecule has 1 aromatic carbocycles. The highest BCUT2D eigenvalue weighted by Crippen LogP contribution is 2.31. The Balaban J connectivity index is 2.03. The first-order valence-electron chi connectivity index (χ1n) is 12.6. The maximum atomic E-state index is 13.6. The van der Waals surface area contributed by atoms with E-state index in [1.54, 1.807) is 37.3 Å². The number of nitrogens with zero attached hydrogens (tertiary/aromatic N) is 1. The van der Waals surface area contributed by atoms with E-state index >= 15 is 0 Å². The summed E-state index contributed by atoms with van der Waals surface area (Å²) in [7, 11) is 0. The van der Waals surface area contributed by atoms with Crippen LogP contribution in [0.25, 0.3) is 0 Å². The van der Waals surface area contributed by atoms with Crippen molar-refractivity contribution >= 4 is 61.4 Å². The molecule has 14 heteroatoms. The van der Waals surface area contributed by atoms with Crippen molar-refractivity contribution < 1.29 is 34.2 Å². The van der Waals surface area contributed by atoms with Gasteiger partial charge < -0.3 is 36.4 Å². The monoisotopic (exact) mass is 673 g/mol. The molecule has 0 radical (unpaired) electrons. The van der Waals surface area contributed by atoms with Crippen molar-refractivity contribution in [2.45, 2.75) is 72.7 Å². The van der Waals surface area contributed by atoms with Crippen LogP contribution in [0.15, 0.2) is 30.3 Å². The lowest BCUT2D eigenvalue weighted by Crippen LogP contribution is -2.61. The van der Waals surface area contributed by atoms with Crippen LogP contribution in [0.4, 0.5) is 0 Å². The zero-order valence-corrected chi connectivity index (χ0v) is 24.6. The molecule has 0 spiro atoms. The first kappa shape index (κ1) is 31.0. The highest BCUT2D eigenvalue weighted by atomic mass is 79.9. The zero-order valence-electron chi connectivity index (χ0n) is 21.5. The summed E-state index contributed by atoms with van der Waals surface area (Å²) in [6.45, 7) is 2.39. The molecule has 0 bridgehead atoms. The molecule has 2 heterocycles. The summed E-state index contributed by atoms with van der Waals surface area (Å²) in [6.07, 6.45) is -1.44. The highest BCUT2D eigenvalue weighted by Gasteiger charge is 2.48. The molecule has 1 aromatic rings. The fraction of sp³-hybridized carbons (Fsp3) is 0.560. The Bertz CT molecular complexity index is 1080. The summed E-state index contributed by atoms with van der Waals surface area (Å²) < 4.78 is 0. The summed E-state index contributed by atoms with van der Waals surface area (Å²) in [5.74, 6) is -3.38. The molecule has 2 saturated heterocycles. The maximum Gasteiger partial charge on any atom is 0.248 e. The van der Waals surface area contributed by atoms with E-state index in [2.05, 4.69) is 53.1 Å². The molecule has 2 aliphatic heterocycles. The molecule has 39 heavy (non-hydrogen) atoms. The predicted octanol–water partition coefficient (Wildman–Crippen LogP) is -0.777.